The zero-order valence-corrected chi connectivity index (χ0v) is 28.6. The maximum atomic E-state index is 8.95. The third-order valence-electron chi connectivity index (χ3n) is 10.1. The van der Waals surface area contributed by atoms with Gasteiger partial charge >= 0.3 is 0 Å². The molecule has 54 heavy (non-hydrogen) atoms. The molecule has 0 aliphatic carbocycles. The zero-order valence-electron chi connectivity index (χ0n) is 33.6. The van der Waals surface area contributed by atoms with Crippen LogP contribution in [0, 0.1) is 0 Å². The van der Waals surface area contributed by atoms with Crippen LogP contribution in [0.3, 0.4) is 0 Å². The lowest BCUT2D eigenvalue weighted by Gasteiger charge is -2.13. The monoisotopic (exact) mass is 695 g/mol. The van der Waals surface area contributed by atoms with Crippen LogP contribution in [0.25, 0.3) is 105 Å². The largest absolute Gasteiger partial charge is 0.455 e. The van der Waals surface area contributed by atoms with Crippen molar-refractivity contribution in [3.63, 3.8) is 0 Å². The van der Waals surface area contributed by atoms with Crippen molar-refractivity contribution < 1.29 is 11.3 Å². The Hall–Kier alpha value is -7.37. The van der Waals surface area contributed by atoms with Gasteiger partial charge < -0.3 is 8.98 Å². The first-order valence-corrected chi connectivity index (χ1v) is 17.7. The van der Waals surface area contributed by atoms with E-state index < -0.39 is 18.1 Å². The number of furan rings is 1. The highest BCUT2D eigenvalue weighted by Crippen LogP contribution is 2.43. The van der Waals surface area contributed by atoms with Crippen LogP contribution >= 0.6 is 0 Å². The van der Waals surface area contributed by atoms with Gasteiger partial charge in [-0.25, -0.2) is 15.0 Å². The van der Waals surface area contributed by atoms with E-state index in [1.807, 2.05) is 91.0 Å². The first-order valence-electron chi connectivity index (χ1n) is 20.2. The molecule has 5 nitrogen and oxygen atoms in total. The van der Waals surface area contributed by atoms with E-state index in [4.69, 9.17) is 26.2 Å². The molecule has 0 fully saturated rings. The highest BCUT2D eigenvalue weighted by Gasteiger charge is 2.23. The minimum atomic E-state index is -0.449. The lowest BCUT2D eigenvalue weighted by atomic mass is 9.98. The molecule has 0 amide bonds. The van der Waals surface area contributed by atoms with Crippen LogP contribution in [-0.2, 0) is 0 Å². The summed E-state index contributed by atoms with van der Waals surface area (Å²) in [6, 6.07) is 48.3. The fourth-order valence-corrected chi connectivity index (χ4v) is 7.67. The first kappa shape index (κ1) is 25.6. The van der Waals surface area contributed by atoms with Crippen molar-refractivity contribution in [2.45, 2.75) is 0 Å². The second-order valence-electron chi connectivity index (χ2n) is 13.3. The van der Waals surface area contributed by atoms with Crippen molar-refractivity contribution in [3.8, 4) is 51.0 Å². The van der Waals surface area contributed by atoms with Gasteiger partial charge in [0.05, 0.1) is 23.5 Å². The van der Waals surface area contributed by atoms with Crippen LogP contribution in [0.4, 0.5) is 0 Å². The van der Waals surface area contributed by atoms with Gasteiger partial charge in [-0.05, 0) is 58.3 Å². The lowest BCUT2D eigenvalue weighted by Crippen LogP contribution is -2.01. The van der Waals surface area contributed by atoms with Gasteiger partial charge in [-0.3, -0.25) is 0 Å². The Morgan fingerprint density at radius 2 is 1.13 bits per heavy atom. The number of rotatable bonds is 5. The molecule has 3 heterocycles. The van der Waals surface area contributed by atoms with Crippen molar-refractivity contribution in [3.05, 3.63) is 182 Å². The first-order chi connectivity index (χ1) is 28.8. The van der Waals surface area contributed by atoms with E-state index in [0.717, 1.165) is 49.4 Å². The van der Waals surface area contributed by atoms with E-state index in [-0.39, 0.29) is 17.6 Å². The molecule has 0 N–H and O–H groups in total. The number of hydrogen-bond donors (Lipinski definition) is 0. The summed E-state index contributed by atoms with van der Waals surface area (Å²) in [7, 11) is 0. The molecule has 0 bridgehead atoms. The van der Waals surface area contributed by atoms with E-state index in [2.05, 4.69) is 53.1 Å². The van der Waals surface area contributed by atoms with Gasteiger partial charge in [-0.1, -0.05) is 145 Å². The van der Waals surface area contributed by atoms with Crippen LogP contribution in [0.15, 0.2) is 186 Å². The lowest BCUT2D eigenvalue weighted by molar-refractivity contribution is 0.669. The molecule has 11 rings (SSSR count). The maximum absolute atomic E-state index is 8.95. The molecule has 0 unspecified atom stereocenters. The van der Waals surface area contributed by atoms with Gasteiger partial charge in [0.1, 0.15) is 11.2 Å². The van der Waals surface area contributed by atoms with Crippen LogP contribution in [0.2, 0.25) is 0 Å². The van der Waals surface area contributed by atoms with Gasteiger partial charge in [-0.15, -0.1) is 0 Å². The standard InChI is InChI=1S/C49H30N4O/c1-3-15-32(16-4-1)37-22-13-25-44-45(37)40-29-36(53-42-23-11-9-20-38(42)39-21-10-12-24-43(39)53)30-41(46(40)54-44)49-51-47(33-17-5-2-6-18-33)50-48(52-49)35-27-26-31-14-7-8-19-34(31)28-35/h1-30H/i1D,3D,4D,15D,16D. The number of benzene rings is 8. The zero-order chi connectivity index (χ0) is 39.9. The molecule has 0 atom stereocenters. The smallest absolute Gasteiger partial charge is 0.167 e. The molecule has 0 saturated heterocycles. The highest BCUT2D eigenvalue weighted by molar-refractivity contribution is 6.16. The third-order valence-corrected chi connectivity index (χ3v) is 10.1. The van der Waals surface area contributed by atoms with Crippen molar-refractivity contribution in [2.75, 3.05) is 0 Å². The average Bonchev–Trinajstić information content (AvgIpc) is 3.84. The molecular formula is C49H30N4O. The van der Waals surface area contributed by atoms with Gasteiger partial charge in [0.2, 0.25) is 0 Å². The topological polar surface area (TPSA) is 56.7 Å². The number of aromatic nitrogens is 4. The number of hydrogen-bond acceptors (Lipinski definition) is 4. The van der Waals surface area contributed by atoms with Crippen LogP contribution < -0.4 is 0 Å². The second-order valence-corrected chi connectivity index (χ2v) is 13.3. The highest BCUT2D eigenvalue weighted by atomic mass is 16.3. The predicted octanol–water partition coefficient (Wildman–Crippen LogP) is 12.7. The van der Waals surface area contributed by atoms with Gasteiger partial charge in [-0.2, -0.15) is 0 Å². The van der Waals surface area contributed by atoms with Gasteiger partial charge in [0, 0.05) is 38.4 Å². The fraction of sp³-hybridized carbons (Fsp3) is 0. The van der Waals surface area contributed by atoms with Crippen molar-refractivity contribution in [2.24, 2.45) is 0 Å². The van der Waals surface area contributed by atoms with E-state index in [1.54, 1.807) is 12.1 Å². The Morgan fingerprint density at radius 1 is 0.463 bits per heavy atom. The average molecular weight is 696 g/mol. The van der Waals surface area contributed by atoms with Gasteiger partial charge in [0.15, 0.2) is 17.5 Å². The summed E-state index contributed by atoms with van der Waals surface area (Å²) in [6.45, 7) is 0. The summed E-state index contributed by atoms with van der Waals surface area (Å²) < 4.78 is 52.2. The van der Waals surface area contributed by atoms with Crippen molar-refractivity contribution >= 4 is 54.5 Å². The number of fused-ring (bicyclic) bond motifs is 7. The summed E-state index contributed by atoms with van der Waals surface area (Å²) in [5.41, 5.74) is 6.57. The Labute approximate surface area is 317 Å². The molecule has 0 aliphatic heterocycles. The molecular weight excluding hydrogens is 661 g/mol. The molecule has 0 spiro atoms. The molecule has 0 saturated carbocycles. The summed E-state index contributed by atoms with van der Waals surface area (Å²) in [5, 5.41) is 5.62. The maximum Gasteiger partial charge on any atom is 0.167 e. The Balaban J connectivity index is 1.27. The summed E-state index contributed by atoms with van der Waals surface area (Å²) >= 11 is 0. The van der Waals surface area contributed by atoms with Crippen LogP contribution in [0.1, 0.15) is 6.85 Å². The summed E-state index contributed by atoms with van der Waals surface area (Å²) in [4.78, 5) is 15.4. The van der Waals surface area contributed by atoms with Crippen molar-refractivity contribution in [1.82, 2.24) is 19.5 Å². The predicted molar refractivity (Wildman–Crippen MR) is 221 cm³/mol. The number of nitrogens with zero attached hydrogens (tertiary/aromatic N) is 4. The molecule has 8 aromatic carbocycles. The van der Waals surface area contributed by atoms with E-state index in [0.29, 0.717) is 50.5 Å². The van der Waals surface area contributed by atoms with Crippen molar-refractivity contribution in [1.29, 1.82) is 0 Å². The van der Waals surface area contributed by atoms with Crippen LogP contribution in [-0.4, -0.2) is 19.5 Å². The summed E-state index contributed by atoms with van der Waals surface area (Å²) in [5.74, 6) is 1.37. The molecule has 252 valence electrons. The molecule has 0 aliphatic rings. The summed E-state index contributed by atoms with van der Waals surface area (Å²) in [6.07, 6.45) is 0. The van der Waals surface area contributed by atoms with E-state index in [9.17, 15) is 0 Å². The van der Waals surface area contributed by atoms with E-state index >= 15 is 0 Å². The Morgan fingerprint density at radius 3 is 1.91 bits per heavy atom. The van der Waals surface area contributed by atoms with E-state index in [1.165, 1.54) is 0 Å². The molecule has 0 radical (unpaired) electrons. The number of para-hydroxylation sites is 2. The third kappa shape index (κ3) is 4.83. The van der Waals surface area contributed by atoms with Gasteiger partial charge in [0.25, 0.3) is 0 Å². The normalized spacial score (nSPS) is 13.0. The SMILES string of the molecule is [2H]c1c([2H])c([2H])c(-c2cccc3oc4c(-c5nc(-c6ccccc6)nc(-c6ccc7ccccc7c6)n5)cc(-n5c6ccccc6c6ccccc65)cc4c23)c([2H])c1[2H]. The molecule has 5 heteroatoms. The van der Waals surface area contributed by atoms with Crippen LogP contribution in [0.5, 0.6) is 0 Å². The Kier molecular flexibility index (Phi) is 5.73. The minimum absolute atomic E-state index is 0.0956. The minimum Gasteiger partial charge on any atom is -0.455 e. The molecule has 3 aromatic heterocycles. The quantitative estimate of drug-likeness (QED) is 0.180. The Bertz CT molecular complexity index is 3440. The molecule has 11 aromatic rings. The second kappa shape index (κ2) is 12.1. The fourth-order valence-electron chi connectivity index (χ4n) is 7.67.